The minimum atomic E-state index is 0. The van der Waals surface area contributed by atoms with Crippen LogP contribution in [0, 0.1) is 59.2 Å². The van der Waals surface area contributed by atoms with E-state index < -0.39 is 0 Å². The topological polar surface area (TPSA) is 62.4 Å². The van der Waals surface area contributed by atoms with Gasteiger partial charge in [-0.1, -0.05) is 194 Å². The van der Waals surface area contributed by atoms with Crippen LogP contribution in [-0.4, -0.2) is 328 Å². The molecule has 0 radical (unpaired) electrons. The molecule has 15 nitrogen and oxygen atoms in total. The molecule has 0 saturated carbocycles. The van der Waals surface area contributed by atoms with Gasteiger partial charge in [0.2, 0.25) is 5.91 Å². The minimum Gasteiger partial charge on any atom is -0.375 e. The van der Waals surface area contributed by atoms with Gasteiger partial charge in [-0.25, -0.2) is 0 Å². The first-order valence-electron chi connectivity index (χ1n) is 52.9. The van der Waals surface area contributed by atoms with Gasteiger partial charge in [-0.05, 0) is 370 Å². The monoisotopic (exact) mass is 1920 g/mol. The van der Waals surface area contributed by atoms with Crippen LogP contribution < -0.4 is 0 Å². The van der Waals surface area contributed by atoms with Gasteiger partial charge in [0.1, 0.15) is 0 Å². The van der Waals surface area contributed by atoms with E-state index in [1.54, 1.807) is 11.1 Å². The smallest absolute Gasteiger partial charge is 0.223 e. The Morgan fingerprint density at radius 3 is 0.719 bits per heavy atom. The Morgan fingerprint density at radius 1 is 0.252 bits per heavy atom. The molecule has 7 fully saturated rings. The number of carbonyl (C=O) groups excluding carboxylic acids is 1. The minimum absolute atomic E-state index is 0. The van der Waals surface area contributed by atoms with Crippen LogP contribution in [0.4, 0.5) is 0 Å². The summed E-state index contributed by atoms with van der Waals surface area (Å²) in [6.45, 7) is 126. The highest BCUT2D eigenvalue weighted by molar-refractivity contribution is 5.77. The first kappa shape index (κ1) is 156. The van der Waals surface area contributed by atoms with Gasteiger partial charge in [-0.2, -0.15) is 0 Å². The number of rotatable bonds is 20. The van der Waals surface area contributed by atoms with Crippen molar-refractivity contribution in [3.63, 3.8) is 0 Å². The van der Waals surface area contributed by atoms with Gasteiger partial charge in [0.15, 0.2) is 0 Å². The number of piperidine rings is 3. The molecular formula is C120H268N14O. The Kier molecular flexibility index (Phi) is 96.0. The third kappa shape index (κ3) is 63.1. The van der Waals surface area contributed by atoms with Crippen molar-refractivity contribution in [2.45, 2.75) is 533 Å². The summed E-state index contributed by atoms with van der Waals surface area (Å²) in [6.07, 6.45) is 22.3. The molecule has 0 spiro atoms. The van der Waals surface area contributed by atoms with E-state index in [1.807, 2.05) is 4.90 Å². The second-order valence-corrected chi connectivity index (χ2v) is 45.4. The molecule has 0 aromatic rings. The molecule has 10 heterocycles. The molecule has 7 saturated heterocycles. The largest absolute Gasteiger partial charge is 0.375 e. The Bertz CT molecular complexity index is 2460. The molecule has 10 aliphatic rings. The van der Waals surface area contributed by atoms with Crippen LogP contribution in [0.5, 0.6) is 0 Å². The lowest BCUT2D eigenvalue weighted by Crippen LogP contribution is -2.55. The van der Waals surface area contributed by atoms with E-state index in [1.165, 1.54) is 195 Å². The predicted molar refractivity (Wildman–Crippen MR) is 627 cm³/mol. The number of amides is 1. The van der Waals surface area contributed by atoms with Crippen molar-refractivity contribution < 1.29 is 4.79 Å². The third-order valence-corrected chi connectivity index (χ3v) is 29.9. The molecule has 0 aliphatic carbocycles. The van der Waals surface area contributed by atoms with Gasteiger partial charge in [0.05, 0.1) is 0 Å². The van der Waals surface area contributed by atoms with Crippen LogP contribution >= 0.6 is 0 Å². The zero-order valence-electron chi connectivity index (χ0n) is 91.5. The number of carbonyl (C=O) groups is 1. The molecule has 0 bridgehead atoms. The summed E-state index contributed by atoms with van der Waals surface area (Å²) in [5, 5.41) is 0. The number of piperazine rings is 3. The lowest BCUT2D eigenvalue weighted by atomic mass is 9.86. The van der Waals surface area contributed by atoms with E-state index in [0.717, 1.165) is 110 Å². The fraction of sp³-hybridized carbons (Fsp3) is 0.942. The van der Waals surface area contributed by atoms with E-state index in [-0.39, 0.29) is 81.7 Å². The summed E-state index contributed by atoms with van der Waals surface area (Å²) in [5.74, 6) is 8.47. The molecule has 2 unspecified atom stereocenters. The fourth-order valence-corrected chi connectivity index (χ4v) is 19.5. The molecule has 10 rings (SSSR count). The number of nitrogens with zero attached hydrogens (tertiary/aromatic N) is 14. The van der Waals surface area contributed by atoms with Gasteiger partial charge in [0, 0.05) is 221 Å². The summed E-state index contributed by atoms with van der Waals surface area (Å²) in [4.78, 5) is 46.9. The highest BCUT2D eigenvalue weighted by Crippen LogP contribution is 2.30. The van der Waals surface area contributed by atoms with Gasteiger partial charge in [0.25, 0.3) is 0 Å². The zero-order chi connectivity index (χ0) is 94.7. The molecule has 1 amide bonds. The van der Waals surface area contributed by atoms with Crippen LogP contribution in [0.1, 0.15) is 437 Å². The van der Waals surface area contributed by atoms with Gasteiger partial charge < -0.3 is 19.6 Å². The molecule has 10 aliphatic heterocycles. The van der Waals surface area contributed by atoms with Crippen LogP contribution in [0.25, 0.3) is 0 Å². The Balaban J connectivity index is -0.000000139. The SMILES string of the molecule is C.C.C.C.C.C.C.C.C.C.C.CC(C)C1=CCN(C(C)C)CC1.CC(C)C1=CCN(C(C)C)CC1.CC(C)C1C=CN(C(C)C)CC1.CC(C)C1CCN(C(C)C)C(=O)C1.CC(C)C1CCN(C(C)C)CC1.CC(C)C1CCN(C(C)C)CC1.CC(C)N1CCCN(C(C)C)CC1.CC(C)N1CCN(C(C)C)CC1.CC(C)N1CCN(C(C)C)[C@H](C)C1.CC(C)N1CCN(C(C)C)[C@H](C)C1. The lowest BCUT2D eigenvalue weighted by molar-refractivity contribution is -0.137. The van der Waals surface area contributed by atoms with Crippen molar-refractivity contribution in [2.24, 2.45) is 59.2 Å². The molecule has 0 aromatic carbocycles. The van der Waals surface area contributed by atoms with Crippen LogP contribution in [0.15, 0.2) is 35.6 Å². The van der Waals surface area contributed by atoms with Gasteiger partial charge >= 0.3 is 0 Å². The van der Waals surface area contributed by atoms with E-state index in [2.05, 4.69) is 379 Å². The maximum absolute atomic E-state index is 11.7. The highest BCUT2D eigenvalue weighted by atomic mass is 16.2. The zero-order valence-corrected chi connectivity index (χ0v) is 91.5. The van der Waals surface area contributed by atoms with Crippen molar-refractivity contribution in [1.29, 1.82) is 0 Å². The van der Waals surface area contributed by atoms with E-state index >= 15 is 0 Å². The summed E-state index contributed by atoms with van der Waals surface area (Å²) in [5.41, 5.74) is 3.29. The fourth-order valence-electron chi connectivity index (χ4n) is 19.5. The summed E-state index contributed by atoms with van der Waals surface area (Å²) in [6, 6.07) is 11.1. The molecule has 15 heteroatoms. The molecule has 4 atom stereocenters. The average Bonchev–Trinajstić information content (AvgIpc) is 1.48. The van der Waals surface area contributed by atoms with Gasteiger partial charge in [-0.3, -0.25) is 53.8 Å². The van der Waals surface area contributed by atoms with Gasteiger partial charge in [-0.15, -0.1) is 0 Å². The highest BCUT2D eigenvalue weighted by Gasteiger charge is 2.32. The average molecular weight is 1920 g/mol. The molecule has 135 heavy (non-hydrogen) atoms. The van der Waals surface area contributed by atoms with Crippen molar-refractivity contribution in [1.82, 2.24) is 68.6 Å². The van der Waals surface area contributed by atoms with Crippen molar-refractivity contribution in [2.75, 3.05) is 157 Å². The number of hydrogen-bond acceptors (Lipinski definition) is 14. The van der Waals surface area contributed by atoms with Crippen LogP contribution in [0.3, 0.4) is 0 Å². The van der Waals surface area contributed by atoms with Crippen molar-refractivity contribution >= 4 is 5.91 Å². The first-order chi connectivity index (χ1) is 57.8. The molecule has 0 aromatic heterocycles. The number of likely N-dealkylation sites (tertiary alicyclic amines) is 3. The van der Waals surface area contributed by atoms with E-state index in [9.17, 15) is 4.79 Å². The summed E-state index contributed by atoms with van der Waals surface area (Å²) in [7, 11) is 0. The maximum Gasteiger partial charge on any atom is 0.223 e. The summed E-state index contributed by atoms with van der Waals surface area (Å²) >= 11 is 0. The van der Waals surface area contributed by atoms with Crippen LogP contribution in [0.2, 0.25) is 0 Å². The molecular weight excluding hydrogens is 1650 g/mol. The van der Waals surface area contributed by atoms with Crippen molar-refractivity contribution in [3.8, 4) is 0 Å². The first-order valence-corrected chi connectivity index (χ1v) is 52.9. The maximum atomic E-state index is 11.7. The molecule has 0 N–H and O–H groups in total. The summed E-state index contributed by atoms with van der Waals surface area (Å²) < 4.78 is 0. The molecule has 824 valence electrons. The Morgan fingerprint density at radius 2 is 0.519 bits per heavy atom. The second kappa shape index (κ2) is 83.2. The third-order valence-electron chi connectivity index (χ3n) is 29.9. The predicted octanol–water partition coefficient (Wildman–Crippen LogP) is 29.9. The quantitative estimate of drug-likeness (QED) is 0.109. The Labute approximate surface area is 859 Å². The number of hydrogen-bond donors (Lipinski definition) is 0. The van der Waals surface area contributed by atoms with Crippen LogP contribution in [-0.2, 0) is 4.79 Å². The standard InChI is InChI=1S/3C11H24N2.C11H21NO.2C11H23N.3C11H21N.C10H22N2.11CH4/c2*1-9(2)12-6-7-13(10(3)4)11(5)8-12;1-10(2)12-6-5-7-13(9-8-12)11(3)4;1-8(2)10-5-6-12(9(3)4)11(13)7-10;6*1-9(2)11-5-7-12(8-6-11)10(3)4;;;;;;;;;;;/h2*9-11H,6-8H2,1-5H3;10-11H,5-9H2,1-4H3;8-10H,5-7H2,1-4H3;2*9-11H,5-8H2,1-4H3;2*5,9-10H,6-8H2,1-4H3;5,7,9-11H,6,8H2,1-4H3;9-10H,5-8H2,1-4H3;11*1H4/t2*11-;;;;;;;;;;;;;;;;;;;/m11.................../s1. The number of allylic oxidation sites excluding steroid dienone is 1. The Hall–Kier alpha value is -1.99. The van der Waals surface area contributed by atoms with E-state index in [0.29, 0.717) is 78.2 Å². The van der Waals surface area contributed by atoms with Crippen molar-refractivity contribution in [3.05, 3.63) is 35.6 Å². The second-order valence-electron chi connectivity index (χ2n) is 45.4. The normalized spacial score (nSPS) is 21.6. The van der Waals surface area contributed by atoms with E-state index in [4.69, 9.17) is 0 Å². The lowest BCUT2D eigenvalue weighted by Gasteiger charge is -2.43.